The molecule has 2 heterocycles. The van der Waals surface area contributed by atoms with Crippen LogP contribution < -0.4 is 19.5 Å². The summed E-state index contributed by atoms with van der Waals surface area (Å²) in [6.45, 7) is 3.62. The van der Waals surface area contributed by atoms with E-state index in [4.69, 9.17) is 14.6 Å². The molecule has 2 aromatic carbocycles. The van der Waals surface area contributed by atoms with Crippen molar-refractivity contribution >= 4 is 31.6 Å². The third kappa shape index (κ3) is 4.68. The van der Waals surface area contributed by atoms with Crippen LogP contribution in [0.25, 0.3) is 11.3 Å². The van der Waals surface area contributed by atoms with Gasteiger partial charge in [0.1, 0.15) is 30.4 Å². The number of primary sulfonamides is 1. The molecule has 0 saturated heterocycles. The molecule has 1 aromatic heterocycles. The van der Waals surface area contributed by atoms with Gasteiger partial charge >= 0.3 is 0 Å². The van der Waals surface area contributed by atoms with Gasteiger partial charge < -0.3 is 14.4 Å². The second kappa shape index (κ2) is 8.49. The molecule has 1 aliphatic rings. The summed E-state index contributed by atoms with van der Waals surface area (Å²) < 4.78 is 36.9. The van der Waals surface area contributed by atoms with E-state index in [9.17, 15) is 8.42 Å². The van der Waals surface area contributed by atoms with Gasteiger partial charge in [0.05, 0.1) is 17.1 Å². The van der Waals surface area contributed by atoms with Gasteiger partial charge in [-0.1, -0.05) is 17.7 Å². The predicted octanol–water partition coefficient (Wildman–Crippen LogP) is 3.87. The van der Waals surface area contributed by atoms with Crippen LogP contribution in [0.1, 0.15) is 11.1 Å². The van der Waals surface area contributed by atoms with Crippen molar-refractivity contribution in [3.63, 3.8) is 0 Å². The Morgan fingerprint density at radius 1 is 1.23 bits per heavy atom. The number of nitrogens with two attached hydrogens (primary N) is 1. The highest BCUT2D eigenvalue weighted by Crippen LogP contribution is 2.36. The minimum Gasteiger partial charge on any atom is -0.490 e. The van der Waals surface area contributed by atoms with Crippen LogP contribution in [0.3, 0.4) is 0 Å². The number of pyridine rings is 1. The topological polar surface area (TPSA) is 94.8 Å². The van der Waals surface area contributed by atoms with Crippen molar-refractivity contribution < 1.29 is 17.9 Å². The van der Waals surface area contributed by atoms with Crippen LogP contribution in [0, 0.1) is 6.92 Å². The summed E-state index contributed by atoms with van der Waals surface area (Å²) in [5.74, 6) is 1.26. The highest BCUT2D eigenvalue weighted by Gasteiger charge is 2.20. The summed E-state index contributed by atoms with van der Waals surface area (Å²) in [5.41, 5.74) is 3.66. The molecule has 0 fully saturated rings. The van der Waals surface area contributed by atoms with E-state index in [-0.39, 0.29) is 11.5 Å². The Kier molecular flexibility index (Phi) is 5.92. The van der Waals surface area contributed by atoms with E-state index in [1.54, 1.807) is 24.4 Å². The third-order valence-corrected chi connectivity index (χ3v) is 6.43. The number of fused-ring (bicyclic) bond motifs is 1. The lowest BCUT2D eigenvalue weighted by Crippen LogP contribution is -2.28. The summed E-state index contributed by atoms with van der Waals surface area (Å²) in [6.07, 6.45) is 1.60. The van der Waals surface area contributed by atoms with Crippen molar-refractivity contribution in [3.05, 3.63) is 64.3 Å². The molecule has 0 radical (unpaired) electrons. The van der Waals surface area contributed by atoms with E-state index in [1.165, 1.54) is 6.07 Å². The first kappa shape index (κ1) is 21.6. The van der Waals surface area contributed by atoms with Gasteiger partial charge in [-0.25, -0.2) is 13.6 Å². The van der Waals surface area contributed by atoms with Gasteiger partial charge in [0, 0.05) is 23.3 Å². The first-order valence-electron chi connectivity index (χ1n) is 9.61. The monoisotopic (exact) mass is 503 g/mol. The normalized spacial score (nSPS) is 13.5. The number of rotatable bonds is 5. The minimum atomic E-state index is -3.94. The SMILES string of the molecule is Cc1ccc(S(N)(=O)=O)c(-c2ncc(Br)cc2OCc2ccc3c(c2)OCCN3C)c1. The quantitative estimate of drug-likeness (QED) is 0.567. The molecule has 9 heteroatoms. The van der Waals surface area contributed by atoms with E-state index >= 15 is 0 Å². The van der Waals surface area contributed by atoms with E-state index in [0.29, 0.717) is 28.1 Å². The van der Waals surface area contributed by atoms with Gasteiger partial charge in [-0.15, -0.1) is 0 Å². The summed E-state index contributed by atoms with van der Waals surface area (Å²) in [5, 5.41) is 5.44. The summed E-state index contributed by atoms with van der Waals surface area (Å²) in [6, 6.07) is 12.6. The van der Waals surface area contributed by atoms with E-state index in [2.05, 4.69) is 25.8 Å². The zero-order chi connectivity index (χ0) is 22.2. The number of hydrogen-bond acceptors (Lipinski definition) is 6. The number of ether oxygens (including phenoxy) is 2. The molecular weight excluding hydrogens is 482 g/mol. The summed E-state index contributed by atoms with van der Waals surface area (Å²) in [7, 11) is -1.91. The number of aryl methyl sites for hydroxylation is 1. The minimum absolute atomic E-state index is 0.00277. The second-order valence-corrected chi connectivity index (χ2v) is 9.85. The fourth-order valence-electron chi connectivity index (χ4n) is 3.46. The smallest absolute Gasteiger partial charge is 0.238 e. The number of anilines is 1. The molecule has 1 aliphatic heterocycles. The van der Waals surface area contributed by atoms with E-state index in [0.717, 1.165) is 29.1 Å². The van der Waals surface area contributed by atoms with E-state index in [1.807, 2.05) is 32.2 Å². The van der Waals surface area contributed by atoms with Crippen molar-refractivity contribution in [1.82, 2.24) is 4.98 Å². The summed E-state index contributed by atoms with van der Waals surface area (Å²) in [4.78, 5) is 6.58. The first-order valence-corrected chi connectivity index (χ1v) is 12.0. The first-order chi connectivity index (χ1) is 14.7. The van der Waals surface area contributed by atoms with Crippen LogP contribution in [-0.4, -0.2) is 33.6 Å². The van der Waals surface area contributed by atoms with Gasteiger partial charge in [-0.3, -0.25) is 4.98 Å². The van der Waals surface area contributed by atoms with Crippen LogP contribution in [0.15, 0.2) is 58.0 Å². The molecule has 31 heavy (non-hydrogen) atoms. The van der Waals surface area contributed by atoms with Gasteiger partial charge in [-0.2, -0.15) is 0 Å². The van der Waals surface area contributed by atoms with Gasteiger partial charge in [0.2, 0.25) is 10.0 Å². The molecule has 0 spiro atoms. The second-order valence-electron chi connectivity index (χ2n) is 7.41. The number of halogens is 1. The van der Waals surface area contributed by atoms with Crippen molar-refractivity contribution in [3.8, 4) is 22.8 Å². The largest absolute Gasteiger partial charge is 0.490 e. The molecule has 162 valence electrons. The Morgan fingerprint density at radius 2 is 2.03 bits per heavy atom. The maximum atomic E-state index is 12.1. The van der Waals surface area contributed by atoms with Crippen molar-refractivity contribution in [2.45, 2.75) is 18.4 Å². The molecule has 0 aliphatic carbocycles. The molecule has 0 saturated carbocycles. The van der Waals surface area contributed by atoms with Gasteiger partial charge in [0.15, 0.2) is 0 Å². The maximum absolute atomic E-state index is 12.1. The molecule has 0 bridgehead atoms. The number of benzene rings is 2. The highest BCUT2D eigenvalue weighted by atomic mass is 79.9. The molecule has 0 unspecified atom stereocenters. The Morgan fingerprint density at radius 3 is 2.81 bits per heavy atom. The zero-order valence-electron chi connectivity index (χ0n) is 17.1. The summed E-state index contributed by atoms with van der Waals surface area (Å²) >= 11 is 3.41. The molecular formula is C22H22BrN3O4S. The molecule has 7 nitrogen and oxygen atoms in total. The Labute approximate surface area is 190 Å². The predicted molar refractivity (Wildman–Crippen MR) is 123 cm³/mol. The van der Waals surface area contributed by atoms with Crippen LogP contribution in [0.2, 0.25) is 0 Å². The fraction of sp³-hybridized carbons (Fsp3) is 0.227. The van der Waals surface area contributed by atoms with Crippen LogP contribution in [0.4, 0.5) is 5.69 Å². The van der Waals surface area contributed by atoms with Crippen LogP contribution >= 0.6 is 15.9 Å². The molecule has 3 aromatic rings. The molecule has 0 atom stereocenters. The van der Waals surface area contributed by atoms with Crippen LogP contribution in [-0.2, 0) is 16.6 Å². The van der Waals surface area contributed by atoms with Crippen molar-refractivity contribution in [2.24, 2.45) is 5.14 Å². The Bertz CT molecular complexity index is 1250. The van der Waals surface area contributed by atoms with Crippen LogP contribution in [0.5, 0.6) is 11.5 Å². The maximum Gasteiger partial charge on any atom is 0.238 e. The number of likely N-dealkylation sites (N-methyl/N-ethyl adjacent to an activating group) is 1. The van der Waals surface area contributed by atoms with Crippen molar-refractivity contribution in [1.29, 1.82) is 0 Å². The molecule has 2 N–H and O–H groups in total. The zero-order valence-corrected chi connectivity index (χ0v) is 19.5. The van der Waals surface area contributed by atoms with Gasteiger partial charge in [-0.05, 0) is 58.7 Å². The van der Waals surface area contributed by atoms with Crippen molar-refractivity contribution in [2.75, 3.05) is 25.1 Å². The van der Waals surface area contributed by atoms with E-state index < -0.39 is 10.0 Å². The lowest BCUT2D eigenvalue weighted by atomic mass is 10.1. The lowest BCUT2D eigenvalue weighted by Gasteiger charge is -2.28. The number of aromatic nitrogens is 1. The molecule has 0 amide bonds. The molecule has 4 rings (SSSR count). The third-order valence-electron chi connectivity index (χ3n) is 5.03. The number of nitrogens with zero attached hydrogens (tertiary/aromatic N) is 2. The van der Waals surface area contributed by atoms with Gasteiger partial charge in [0.25, 0.3) is 0 Å². The number of sulfonamides is 1. The number of hydrogen-bond donors (Lipinski definition) is 1. The standard InChI is InChI=1S/C22H22BrN3O4S/c1-14-3-6-21(31(24,27)28)17(9-14)22-20(11-16(23)12-25-22)30-13-15-4-5-18-19(10-15)29-8-7-26(18)2/h3-6,9-12H,7-8,13H2,1-2H3,(H2,24,27,28). The average molecular weight is 504 g/mol. The highest BCUT2D eigenvalue weighted by molar-refractivity contribution is 9.10. The fourth-order valence-corrected chi connectivity index (χ4v) is 4.49. The average Bonchev–Trinajstić information content (AvgIpc) is 2.71. The Hall–Kier alpha value is -2.62. The lowest BCUT2D eigenvalue weighted by molar-refractivity contribution is 0.297. The Balaban J connectivity index is 1.69.